The molecule has 0 saturated carbocycles. The van der Waals surface area contributed by atoms with E-state index in [2.05, 4.69) is 4.99 Å². The number of fused-ring (bicyclic) bond motifs is 1. The van der Waals surface area contributed by atoms with E-state index in [0.717, 1.165) is 22.1 Å². The molecule has 0 heterocycles. The Morgan fingerprint density at radius 2 is 1.60 bits per heavy atom. The Hall–Kier alpha value is -5.38. The summed E-state index contributed by atoms with van der Waals surface area (Å²) in [4.78, 5) is 26.7. The van der Waals surface area contributed by atoms with Crippen molar-refractivity contribution < 1.29 is 38.4 Å². The largest absolute Gasteiger partial charge is 0.497 e. The minimum atomic E-state index is -1.46. The first-order chi connectivity index (χ1) is 21.6. The summed E-state index contributed by atoms with van der Waals surface area (Å²) in [7, 11) is 1.61. The molecule has 4 N–H and O–H groups in total. The summed E-state index contributed by atoms with van der Waals surface area (Å²) >= 11 is 0. The molecule has 0 aliphatic heterocycles. The molecule has 0 saturated heterocycles. The van der Waals surface area contributed by atoms with Gasteiger partial charge in [0, 0.05) is 17.0 Å². The van der Waals surface area contributed by atoms with Gasteiger partial charge in [-0.05, 0) is 71.7 Å². The van der Waals surface area contributed by atoms with Crippen molar-refractivity contribution >= 4 is 28.5 Å². The number of benzene rings is 4. The van der Waals surface area contributed by atoms with Crippen molar-refractivity contribution in [1.82, 2.24) is 0 Å². The molecule has 4 aromatic rings. The number of hydrogen-bond acceptors (Lipinski definition) is 6. The van der Waals surface area contributed by atoms with Gasteiger partial charge in [-0.15, -0.1) is 0 Å². The maximum absolute atomic E-state index is 14.3. The fourth-order valence-electron chi connectivity index (χ4n) is 4.59. The van der Waals surface area contributed by atoms with Crippen molar-refractivity contribution in [3.05, 3.63) is 119 Å². The molecule has 9 nitrogen and oxygen atoms in total. The molecule has 1 unspecified atom stereocenters. The lowest BCUT2D eigenvalue weighted by Gasteiger charge is -2.13. The Morgan fingerprint density at radius 3 is 2.29 bits per heavy atom. The van der Waals surface area contributed by atoms with Crippen LogP contribution >= 0.6 is 0 Å². The predicted molar refractivity (Wildman–Crippen MR) is 169 cm³/mol. The van der Waals surface area contributed by atoms with Crippen molar-refractivity contribution in [2.75, 3.05) is 13.7 Å². The first-order valence-corrected chi connectivity index (χ1v) is 14.3. The Bertz CT molecular complexity index is 1690. The molecule has 10 heteroatoms. The Morgan fingerprint density at radius 1 is 0.933 bits per heavy atom. The second-order valence-electron chi connectivity index (χ2n) is 10.4. The van der Waals surface area contributed by atoms with Crippen molar-refractivity contribution in [2.45, 2.75) is 32.3 Å². The van der Waals surface area contributed by atoms with Gasteiger partial charge in [-0.25, -0.2) is 4.39 Å². The maximum atomic E-state index is 14.3. The van der Waals surface area contributed by atoms with E-state index in [1.165, 1.54) is 6.07 Å². The third kappa shape index (κ3) is 9.06. The summed E-state index contributed by atoms with van der Waals surface area (Å²) in [5.41, 5.74) is 8.49. The average Bonchev–Trinajstić information content (AvgIpc) is 3.03. The van der Waals surface area contributed by atoms with Crippen LogP contribution in [0.4, 0.5) is 4.39 Å². The van der Waals surface area contributed by atoms with Gasteiger partial charge in [0.25, 0.3) is 0 Å². The Kier molecular flexibility index (Phi) is 11.1. The normalized spacial score (nSPS) is 12.6. The molecule has 0 aromatic heterocycles. The highest BCUT2D eigenvalue weighted by Crippen LogP contribution is 2.25. The summed E-state index contributed by atoms with van der Waals surface area (Å²) in [6, 6.07) is 25.0. The molecule has 45 heavy (non-hydrogen) atoms. The van der Waals surface area contributed by atoms with Crippen LogP contribution in [0.25, 0.3) is 10.8 Å². The number of carboxylic acids is 2. The van der Waals surface area contributed by atoms with Gasteiger partial charge < -0.3 is 30.2 Å². The molecular formula is C35H35FN2O7. The summed E-state index contributed by atoms with van der Waals surface area (Å²) in [6.07, 6.45) is 2.08. The number of nitrogens with two attached hydrogens (primary N) is 1. The van der Waals surface area contributed by atoms with E-state index >= 15 is 0 Å². The van der Waals surface area contributed by atoms with Gasteiger partial charge >= 0.3 is 11.9 Å². The summed E-state index contributed by atoms with van der Waals surface area (Å²) < 4.78 is 31.2. The van der Waals surface area contributed by atoms with Crippen molar-refractivity contribution in [2.24, 2.45) is 16.6 Å². The zero-order valence-corrected chi connectivity index (χ0v) is 25.0. The number of methoxy groups -OCH3 is 1. The van der Waals surface area contributed by atoms with E-state index in [0.29, 0.717) is 16.9 Å². The molecule has 1 atom stereocenters. The number of nitrogens with zero attached hydrogens (tertiary/aromatic N) is 1. The fraction of sp³-hybridized carbons (Fsp3) is 0.229. The smallest absolute Gasteiger partial charge is 0.317 e. The number of amidine groups is 1. The van der Waals surface area contributed by atoms with E-state index in [9.17, 15) is 14.0 Å². The topological polar surface area (TPSA) is 141 Å². The zero-order valence-electron chi connectivity index (χ0n) is 25.0. The molecule has 4 rings (SSSR count). The number of ether oxygens (including phenoxy) is 3. The zero-order chi connectivity index (χ0) is 32.3. The summed E-state index contributed by atoms with van der Waals surface area (Å²) in [5, 5.41) is 19.8. The summed E-state index contributed by atoms with van der Waals surface area (Å²) in [6.45, 7) is 2.14. The maximum Gasteiger partial charge on any atom is 0.317 e. The monoisotopic (exact) mass is 614 g/mol. The predicted octanol–water partition coefficient (Wildman–Crippen LogP) is 6.50. The van der Waals surface area contributed by atoms with Crippen molar-refractivity contribution in [3.63, 3.8) is 0 Å². The van der Waals surface area contributed by atoms with Crippen LogP contribution in [-0.2, 0) is 20.9 Å². The first kappa shape index (κ1) is 32.5. The van der Waals surface area contributed by atoms with Gasteiger partial charge in [-0.1, -0.05) is 55.5 Å². The average molecular weight is 615 g/mol. The molecule has 0 radical (unpaired) electrons. The lowest BCUT2D eigenvalue weighted by Crippen LogP contribution is -2.23. The molecule has 4 aromatic carbocycles. The van der Waals surface area contributed by atoms with Crippen LogP contribution < -0.4 is 15.2 Å². The van der Waals surface area contributed by atoms with Crippen LogP contribution in [-0.4, -0.2) is 41.7 Å². The van der Waals surface area contributed by atoms with Gasteiger partial charge in [0.2, 0.25) is 5.88 Å². The number of halogens is 1. The van der Waals surface area contributed by atoms with E-state index in [4.69, 9.17) is 30.2 Å². The Balaban J connectivity index is 1.51. The minimum Gasteiger partial charge on any atom is -0.497 e. The second kappa shape index (κ2) is 15.4. The lowest BCUT2D eigenvalue weighted by molar-refractivity contribution is -0.154. The number of allylic oxidation sites excluding steroid dienone is 1. The van der Waals surface area contributed by atoms with E-state index in [1.54, 1.807) is 31.4 Å². The SMILES string of the molecule is COc1ccc(C(C)/C=C(\N=C(/N)c2ccc3cc(OCCCC(C(=O)O)C(=O)O)ccc3c2)OCc2ccccc2F)cc1. The highest BCUT2D eigenvalue weighted by molar-refractivity contribution is 6.01. The molecule has 234 valence electrons. The molecule has 0 spiro atoms. The van der Waals surface area contributed by atoms with E-state index < -0.39 is 17.9 Å². The van der Waals surface area contributed by atoms with Gasteiger partial charge in [-0.2, -0.15) is 4.99 Å². The number of hydrogen-bond donors (Lipinski definition) is 3. The number of carboxylic acid groups (broad SMARTS) is 2. The van der Waals surface area contributed by atoms with E-state index in [-0.39, 0.29) is 49.5 Å². The molecule has 0 aliphatic carbocycles. The highest BCUT2D eigenvalue weighted by Gasteiger charge is 2.24. The number of rotatable bonds is 15. The van der Waals surface area contributed by atoms with Gasteiger partial charge in [0.15, 0.2) is 5.92 Å². The fourth-order valence-corrected chi connectivity index (χ4v) is 4.59. The number of carbonyl (C=O) groups is 2. The van der Waals surface area contributed by atoms with Crippen LogP contribution in [0, 0.1) is 11.7 Å². The molecular weight excluding hydrogens is 579 g/mol. The highest BCUT2D eigenvalue weighted by atomic mass is 19.1. The van der Waals surface area contributed by atoms with Crippen LogP contribution in [0.3, 0.4) is 0 Å². The van der Waals surface area contributed by atoms with E-state index in [1.807, 2.05) is 67.6 Å². The van der Waals surface area contributed by atoms with Crippen LogP contribution in [0.2, 0.25) is 0 Å². The lowest BCUT2D eigenvalue weighted by atomic mass is 10.0. The third-order valence-electron chi connectivity index (χ3n) is 7.21. The minimum absolute atomic E-state index is 0.0282. The quantitative estimate of drug-likeness (QED) is 0.0453. The molecule has 0 fully saturated rings. The number of aliphatic carboxylic acids is 2. The molecule has 0 amide bonds. The molecule has 0 bridgehead atoms. The third-order valence-corrected chi connectivity index (χ3v) is 7.21. The first-order valence-electron chi connectivity index (χ1n) is 14.3. The van der Waals surface area contributed by atoms with Crippen molar-refractivity contribution in [1.29, 1.82) is 0 Å². The van der Waals surface area contributed by atoms with Crippen LogP contribution in [0.15, 0.2) is 102 Å². The standard InChI is InChI=1S/C35H35FN2O7/c1-22(23-11-14-28(43-2)15-12-23)18-32(45-21-27-6-3-4-8-31(27)36)38-33(37)26-10-9-25-20-29(16-13-24(25)19-26)44-17-5-7-30(34(39)40)35(41)42/h3-4,6,8-16,18-20,22,30H,5,7,17,21H2,1-2H3,(H2,37,38)(H,39,40)(H,41,42)/b32-18+. The van der Waals surface area contributed by atoms with Crippen LogP contribution in [0.5, 0.6) is 11.5 Å². The Labute approximate surface area is 260 Å². The molecule has 0 aliphatic rings. The van der Waals surface area contributed by atoms with Gasteiger partial charge in [0.05, 0.1) is 13.7 Å². The van der Waals surface area contributed by atoms with Gasteiger partial charge in [-0.3, -0.25) is 9.59 Å². The van der Waals surface area contributed by atoms with Crippen LogP contribution in [0.1, 0.15) is 42.4 Å². The second-order valence-corrected chi connectivity index (χ2v) is 10.4. The van der Waals surface area contributed by atoms with Crippen molar-refractivity contribution in [3.8, 4) is 11.5 Å². The number of aliphatic imine (C=N–C) groups is 1. The van der Waals surface area contributed by atoms with Gasteiger partial charge in [0.1, 0.15) is 29.8 Å². The summed E-state index contributed by atoms with van der Waals surface area (Å²) in [5.74, 6) is -2.89.